The van der Waals surface area contributed by atoms with E-state index >= 15 is 4.39 Å². The van der Waals surface area contributed by atoms with Crippen molar-refractivity contribution >= 4 is 39.5 Å². The molecule has 276 valence electrons. The number of likely N-dealkylation sites (tertiary alicyclic amines) is 1. The maximum atomic E-state index is 16.2. The Morgan fingerprint density at radius 3 is 2.60 bits per heavy atom. The average molecular weight is 733 g/mol. The number of hydrogen-bond acceptors (Lipinski definition) is 9. The highest BCUT2D eigenvalue weighted by atomic mass is 19.2. The van der Waals surface area contributed by atoms with Gasteiger partial charge in [0.05, 0.1) is 18.2 Å². The lowest BCUT2D eigenvalue weighted by Crippen LogP contribution is -2.37. The summed E-state index contributed by atoms with van der Waals surface area (Å²) in [5.41, 5.74) is -0.0251. The van der Waals surface area contributed by atoms with Crippen molar-refractivity contribution in [3.63, 3.8) is 0 Å². The van der Waals surface area contributed by atoms with E-state index in [2.05, 4.69) is 29.8 Å². The van der Waals surface area contributed by atoms with Crippen molar-refractivity contribution in [1.29, 1.82) is 0 Å². The molecule has 2 aromatic carbocycles. The highest BCUT2D eigenvalue weighted by Crippen LogP contribution is 2.37. The van der Waals surface area contributed by atoms with Gasteiger partial charge in [-0.1, -0.05) is 24.3 Å². The van der Waals surface area contributed by atoms with E-state index in [1.807, 2.05) is 0 Å². The summed E-state index contributed by atoms with van der Waals surface area (Å²) in [7, 11) is 3.04. The smallest absolute Gasteiger partial charge is 0.318 e. The van der Waals surface area contributed by atoms with Gasteiger partial charge in [0.25, 0.3) is 5.91 Å². The number of amides is 1. The molecule has 53 heavy (non-hydrogen) atoms. The number of nitrogens with zero attached hydrogens (tertiary/aromatic N) is 8. The highest BCUT2D eigenvalue weighted by molar-refractivity contribution is 5.99. The summed E-state index contributed by atoms with van der Waals surface area (Å²) in [6, 6.07) is 8.72. The van der Waals surface area contributed by atoms with Gasteiger partial charge in [0, 0.05) is 68.2 Å². The summed E-state index contributed by atoms with van der Waals surface area (Å²) >= 11 is 0. The van der Waals surface area contributed by atoms with Crippen LogP contribution in [0.25, 0.3) is 39.0 Å². The van der Waals surface area contributed by atoms with Gasteiger partial charge in [-0.25, -0.2) is 31.9 Å². The van der Waals surface area contributed by atoms with Crippen LogP contribution in [0, 0.1) is 24.4 Å². The number of ether oxygens (including phenoxy) is 1. The van der Waals surface area contributed by atoms with Gasteiger partial charge in [0.15, 0.2) is 23.3 Å². The molecule has 5 aromatic rings. The van der Waals surface area contributed by atoms with E-state index < -0.39 is 35.4 Å². The van der Waals surface area contributed by atoms with E-state index in [0.717, 1.165) is 25.1 Å². The predicted octanol–water partition coefficient (Wildman–Crippen LogP) is 6.61. The van der Waals surface area contributed by atoms with Crippen molar-refractivity contribution < 1.29 is 31.5 Å². The first-order valence-electron chi connectivity index (χ1n) is 17.4. The lowest BCUT2D eigenvalue weighted by molar-refractivity contribution is -0.127. The molecule has 3 saturated heterocycles. The summed E-state index contributed by atoms with van der Waals surface area (Å²) in [5.74, 6) is -4.06. The molecule has 0 saturated carbocycles. The first-order chi connectivity index (χ1) is 25.5. The van der Waals surface area contributed by atoms with E-state index in [1.54, 1.807) is 31.0 Å². The van der Waals surface area contributed by atoms with Crippen LogP contribution in [0.15, 0.2) is 54.6 Å². The molecular formula is C38H37F5N8O2. The maximum Gasteiger partial charge on any atom is 0.318 e. The minimum absolute atomic E-state index is 0.0588. The summed E-state index contributed by atoms with van der Waals surface area (Å²) in [4.78, 5) is 39.3. The molecule has 0 aliphatic carbocycles. The summed E-state index contributed by atoms with van der Waals surface area (Å²) in [6.45, 7) is 3.96. The van der Waals surface area contributed by atoms with Gasteiger partial charge in [0.2, 0.25) is 0 Å². The second-order valence-electron chi connectivity index (χ2n) is 13.4. The summed E-state index contributed by atoms with van der Waals surface area (Å²) in [6.07, 6.45) is 7.20. The van der Waals surface area contributed by atoms with Crippen LogP contribution in [-0.4, -0.2) is 99.2 Å². The SMILES string of the molecule is COc1nc(N(C)C2CCN(C(=O)/C(F)=C/c3ccnc(C)n3)C2)c2cnc(-c3cccc4ccc(F)c(F)c34)c(F)c2n1.FC1CC2CCCN2C1. The topological polar surface area (TPSA) is 100 Å². The van der Waals surface area contributed by atoms with Crippen molar-refractivity contribution in [1.82, 2.24) is 34.7 Å². The molecule has 6 heterocycles. The molecule has 3 aliphatic heterocycles. The number of alkyl halides is 1. The normalized spacial score (nSPS) is 20.1. The number of hydrogen-bond donors (Lipinski definition) is 0. The Balaban J connectivity index is 0.000000418. The van der Waals surface area contributed by atoms with Gasteiger partial charge >= 0.3 is 6.01 Å². The number of pyridine rings is 1. The minimum atomic E-state index is -1.11. The maximum absolute atomic E-state index is 16.2. The molecule has 10 nitrogen and oxygen atoms in total. The van der Waals surface area contributed by atoms with Gasteiger partial charge in [-0.2, -0.15) is 9.97 Å². The lowest BCUT2D eigenvalue weighted by Gasteiger charge is -2.27. The molecule has 1 amide bonds. The molecule has 0 radical (unpaired) electrons. The second kappa shape index (κ2) is 15.0. The summed E-state index contributed by atoms with van der Waals surface area (Å²) in [5, 5.41) is 0.502. The van der Waals surface area contributed by atoms with Crippen LogP contribution in [-0.2, 0) is 4.79 Å². The Morgan fingerprint density at radius 1 is 1.00 bits per heavy atom. The number of aryl methyl sites for hydroxylation is 1. The Kier molecular flexibility index (Phi) is 10.2. The van der Waals surface area contributed by atoms with Gasteiger partial charge in [-0.3, -0.25) is 14.7 Å². The molecule has 0 N–H and O–H groups in total. The molecule has 8 rings (SSSR count). The van der Waals surface area contributed by atoms with Crippen molar-refractivity contribution in [3.05, 3.63) is 83.6 Å². The number of methoxy groups -OCH3 is 1. The minimum Gasteiger partial charge on any atom is -0.467 e. The average Bonchev–Trinajstić information content (AvgIpc) is 3.90. The van der Waals surface area contributed by atoms with Crippen LogP contribution >= 0.6 is 0 Å². The molecule has 3 fully saturated rings. The molecule has 3 unspecified atom stereocenters. The van der Waals surface area contributed by atoms with Crippen LogP contribution in [0.3, 0.4) is 0 Å². The fourth-order valence-corrected chi connectivity index (χ4v) is 7.42. The lowest BCUT2D eigenvalue weighted by atomic mass is 10.00. The predicted molar refractivity (Wildman–Crippen MR) is 190 cm³/mol. The van der Waals surface area contributed by atoms with Crippen LogP contribution in [0.1, 0.15) is 37.2 Å². The summed E-state index contributed by atoms with van der Waals surface area (Å²) < 4.78 is 77.9. The number of carbonyl (C=O) groups is 1. The standard InChI is InChI=1S/C31H25F4N7O2.C7H12FN/c1-16-36-11-9-18(38-16)13-23(33)30(43)42-12-10-19(15-42)41(2)29-21-14-37-27(26(35)28(21)39-31(40-29)44-3)20-6-4-5-17-7-8-22(32)25(34)24(17)20;8-6-4-7-2-1-3-9(7)5-6/h4-9,11,13-14,19H,10,12,15H2,1-3H3;6-7H,1-5H2/b23-13-;. The number of rotatable bonds is 6. The van der Waals surface area contributed by atoms with E-state index in [-0.39, 0.29) is 64.2 Å². The van der Waals surface area contributed by atoms with E-state index in [9.17, 15) is 22.4 Å². The van der Waals surface area contributed by atoms with Crippen LogP contribution in [0.4, 0.5) is 27.8 Å². The largest absolute Gasteiger partial charge is 0.467 e. The quantitative estimate of drug-likeness (QED) is 0.141. The Morgan fingerprint density at radius 2 is 1.83 bits per heavy atom. The number of carbonyl (C=O) groups excluding carboxylic acids is 1. The van der Waals surface area contributed by atoms with Crippen LogP contribution in [0.2, 0.25) is 0 Å². The van der Waals surface area contributed by atoms with Gasteiger partial charge < -0.3 is 14.5 Å². The molecule has 3 aromatic heterocycles. The van der Waals surface area contributed by atoms with E-state index in [1.165, 1.54) is 55.4 Å². The van der Waals surface area contributed by atoms with Crippen LogP contribution < -0.4 is 9.64 Å². The zero-order valence-corrected chi connectivity index (χ0v) is 29.4. The van der Waals surface area contributed by atoms with E-state index in [4.69, 9.17) is 4.74 Å². The van der Waals surface area contributed by atoms with Gasteiger partial charge in [-0.15, -0.1) is 0 Å². The Labute approximate surface area is 302 Å². The van der Waals surface area contributed by atoms with Crippen molar-refractivity contribution in [2.24, 2.45) is 0 Å². The molecule has 3 atom stereocenters. The third kappa shape index (κ3) is 7.21. The van der Waals surface area contributed by atoms with E-state index in [0.29, 0.717) is 30.2 Å². The number of likely N-dealkylation sites (N-methyl/N-ethyl adjacent to an activating group) is 1. The molecule has 3 aliphatic rings. The monoisotopic (exact) mass is 732 g/mol. The molecule has 0 bridgehead atoms. The Hall–Kier alpha value is -5.31. The third-order valence-electron chi connectivity index (χ3n) is 10.1. The number of fused-ring (bicyclic) bond motifs is 3. The molecule has 0 spiro atoms. The Bertz CT molecular complexity index is 2210. The van der Waals surface area contributed by atoms with Crippen molar-refractivity contribution in [2.45, 2.75) is 50.9 Å². The number of anilines is 1. The zero-order valence-electron chi connectivity index (χ0n) is 29.4. The van der Waals surface area contributed by atoms with Crippen molar-refractivity contribution in [2.75, 3.05) is 45.2 Å². The first-order valence-corrected chi connectivity index (χ1v) is 17.4. The second-order valence-corrected chi connectivity index (χ2v) is 13.4. The van der Waals surface area contributed by atoms with Gasteiger partial charge in [-0.05, 0) is 56.7 Å². The van der Waals surface area contributed by atoms with Gasteiger partial charge in [0.1, 0.15) is 29.0 Å². The van der Waals surface area contributed by atoms with Crippen molar-refractivity contribution in [3.8, 4) is 17.3 Å². The third-order valence-corrected chi connectivity index (χ3v) is 10.1. The number of halogens is 5. The van der Waals surface area contributed by atoms with Crippen LogP contribution in [0.5, 0.6) is 6.01 Å². The fraction of sp³-hybridized carbons (Fsp3) is 0.368. The number of benzene rings is 2. The first kappa shape index (κ1) is 36.1. The number of aromatic nitrogens is 5. The molecular weight excluding hydrogens is 695 g/mol. The molecule has 15 heteroatoms. The fourth-order valence-electron chi connectivity index (χ4n) is 7.42. The zero-order chi connectivity index (χ0) is 37.4. The highest BCUT2D eigenvalue weighted by Gasteiger charge is 2.35.